The Bertz CT molecular complexity index is 170. The average Bonchev–Trinajstić information content (AvgIpc) is 2.83. The molecule has 1 atom stereocenters. The van der Waals surface area contributed by atoms with Gasteiger partial charge in [0.25, 0.3) is 0 Å². The van der Waals surface area contributed by atoms with Gasteiger partial charge in [0.1, 0.15) is 0 Å². The largest absolute Gasteiger partial charge is 0.313 e. The van der Waals surface area contributed by atoms with Gasteiger partial charge in [-0.15, -0.1) is 6.58 Å². The Kier molecular flexibility index (Phi) is 3.55. The van der Waals surface area contributed by atoms with Gasteiger partial charge in [-0.3, -0.25) is 0 Å². The van der Waals surface area contributed by atoms with Gasteiger partial charge in [0.05, 0.1) is 0 Å². The van der Waals surface area contributed by atoms with Crippen molar-refractivity contribution < 1.29 is 0 Å². The second-order valence-electron chi connectivity index (χ2n) is 5.11. The van der Waals surface area contributed by atoms with E-state index in [1.807, 2.05) is 0 Å². The van der Waals surface area contributed by atoms with Crippen molar-refractivity contribution in [2.45, 2.75) is 46.1 Å². The highest BCUT2D eigenvalue weighted by Crippen LogP contribution is 2.28. The number of hydrogen-bond acceptors (Lipinski definition) is 1. The Balaban J connectivity index is 2.31. The van der Waals surface area contributed by atoms with Gasteiger partial charge in [-0.2, -0.15) is 0 Å². The van der Waals surface area contributed by atoms with E-state index in [0.717, 1.165) is 18.5 Å². The van der Waals surface area contributed by atoms with E-state index in [1.54, 1.807) is 0 Å². The summed E-state index contributed by atoms with van der Waals surface area (Å²) in [6, 6.07) is 0.812. The molecule has 0 amide bonds. The van der Waals surface area contributed by atoms with Crippen molar-refractivity contribution in [1.82, 2.24) is 5.32 Å². The second-order valence-corrected chi connectivity index (χ2v) is 5.11. The molecule has 13 heavy (non-hydrogen) atoms. The third kappa shape index (κ3) is 3.95. The highest BCUT2D eigenvalue weighted by Gasteiger charge is 2.26. The standard InChI is InChI=1S/C12H23N/c1-5-12(4,8-10(2)3)9-13-11-6-7-11/h5,10-11,13H,1,6-9H2,2-4H3. The Morgan fingerprint density at radius 2 is 2.15 bits per heavy atom. The first-order valence-corrected chi connectivity index (χ1v) is 5.43. The second kappa shape index (κ2) is 4.28. The van der Waals surface area contributed by atoms with Crippen LogP contribution in [0.2, 0.25) is 0 Å². The first kappa shape index (κ1) is 10.8. The quantitative estimate of drug-likeness (QED) is 0.621. The molecule has 0 aromatic heterocycles. The van der Waals surface area contributed by atoms with Crippen molar-refractivity contribution in [2.75, 3.05) is 6.54 Å². The minimum absolute atomic E-state index is 0.288. The van der Waals surface area contributed by atoms with E-state index in [4.69, 9.17) is 0 Å². The Morgan fingerprint density at radius 1 is 1.54 bits per heavy atom. The summed E-state index contributed by atoms with van der Waals surface area (Å²) in [6.07, 6.45) is 6.09. The van der Waals surface area contributed by atoms with Gasteiger partial charge >= 0.3 is 0 Å². The van der Waals surface area contributed by atoms with Crippen LogP contribution in [-0.2, 0) is 0 Å². The predicted octanol–water partition coefficient (Wildman–Crippen LogP) is 2.98. The number of hydrogen-bond donors (Lipinski definition) is 1. The van der Waals surface area contributed by atoms with Crippen LogP contribution < -0.4 is 5.32 Å². The maximum absolute atomic E-state index is 3.94. The molecule has 1 nitrogen and oxygen atoms in total. The predicted molar refractivity (Wildman–Crippen MR) is 58.8 cm³/mol. The molecule has 0 aliphatic heterocycles. The van der Waals surface area contributed by atoms with Crippen molar-refractivity contribution in [2.24, 2.45) is 11.3 Å². The summed E-state index contributed by atoms with van der Waals surface area (Å²) in [5.74, 6) is 0.754. The number of rotatable bonds is 6. The molecule has 76 valence electrons. The Morgan fingerprint density at radius 3 is 2.54 bits per heavy atom. The molecule has 1 aliphatic carbocycles. The fourth-order valence-electron chi connectivity index (χ4n) is 1.83. The summed E-state index contributed by atoms with van der Waals surface area (Å²) in [5.41, 5.74) is 0.288. The van der Waals surface area contributed by atoms with Crippen LogP contribution in [-0.4, -0.2) is 12.6 Å². The van der Waals surface area contributed by atoms with Gasteiger partial charge in [-0.25, -0.2) is 0 Å². The molecule has 0 heterocycles. The highest BCUT2D eigenvalue weighted by atomic mass is 15.0. The number of nitrogens with one attached hydrogen (secondary N) is 1. The van der Waals surface area contributed by atoms with Gasteiger partial charge in [0.2, 0.25) is 0 Å². The van der Waals surface area contributed by atoms with Gasteiger partial charge < -0.3 is 5.32 Å². The molecule has 0 aromatic carbocycles. The maximum atomic E-state index is 3.94. The molecule has 0 bridgehead atoms. The first-order chi connectivity index (χ1) is 6.06. The zero-order valence-electron chi connectivity index (χ0n) is 9.27. The molecule has 1 heteroatoms. The van der Waals surface area contributed by atoms with E-state index >= 15 is 0 Å². The van der Waals surface area contributed by atoms with E-state index < -0.39 is 0 Å². The van der Waals surface area contributed by atoms with E-state index in [9.17, 15) is 0 Å². The normalized spacial score (nSPS) is 21.5. The summed E-state index contributed by atoms with van der Waals surface area (Å²) in [6.45, 7) is 11.9. The minimum Gasteiger partial charge on any atom is -0.313 e. The summed E-state index contributed by atoms with van der Waals surface area (Å²) in [5, 5.41) is 3.58. The lowest BCUT2D eigenvalue weighted by atomic mass is 9.82. The molecular weight excluding hydrogens is 158 g/mol. The maximum Gasteiger partial charge on any atom is 0.00685 e. The van der Waals surface area contributed by atoms with Crippen LogP contribution in [0.25, 0.3) is 0 Å². The van der Waals surface area contributed by atoms with Crippen LogP contribution in [0.4, 0.5) is 0 Å². The first-order valence-electron chi connectivity index (χ1n) is 5.43. The van der Waals surface area contributed by atoms with Gasteiger partial charge in [-0.05, 0) is 30.6 Å². The molecule has 0 saturated heterocycles. The molecule has 0 radical (unpaired) electrons. The zero-order chi connectivity index (χ0) is 9.90. The SMILES string of the molecule is C=CC(C)(CNC1CC1)CC(C)C. The third-order valence-corrected chi connectivity index (χ3v) is 2.74. The third-order valence-electron chi connectivity index (χ3n) is 2.74. The van der Waals surface area contributed by atoms with Gasteiger partial charge in [-0.1, -0.05) is 26.8 Å². The fraction of sp³-hybridized carbons (Fsp3) is 0.833. The zero-order valence-corrected chi connectivity index (χ0v) is 9.27. The van der Waals surface area contributed by atoms with Crippen molar-refractivity contribution in [3.05, 3.63) is 12.7 Å². The summed E-state index contributed by atoms with van der Waals surface area (Å²) < 4.78 is 0. The summed E-state index contributed by atoms with van der Waals surface area (Å²) in [4.78, 5) is 0. The molecule has 1 unspecified atom stereocenters. The van der Waals surface area contributed by atoms with E-state index in [2.05, 4.69) is 38.7 Å². The van der Waals surface area contributed by atoms with Crippen LogP contribution in [0, 0.1) is 11.3 Å². The molecule has 0 aromatic rings. The van der Waals surface area contributed by atoms with Crippen LogP contribution in [0.3, 0.4) is 0 Å². The van der Waals surface area contributed by atoms with Crippen LogP contribution in [0.5, 0.6) is 0 Å². The van der Waals surface area contributed by atoms with E-state index in [0.29, 0.717) is 0 Å². The fourth-order valence-corrected chi connectivity index (χ4v) is 1.83. The molecule has 1 N–H and O–H groups in total. The molecular formula is C12H23N. The van der Waals surface area contributed by atoms with Crippen LogP contribution in [0.15, 0.2) is 12.7 Å². The van der Waals surface area contributed by atoms with Crippen molar-refractivity contribution >= 4 is 0 Å². The van der Waals surface area contributed by atoms with E-state index in [-0.39, 0.29) is 5.41 Å². The lowest BCUT2D eigenvalue weighted by Gasteiger charge is -2.28. The van der Waals surface area contributed by atoms with Crippen molar-refractivity contribution in [3.8, 4) is 0 Å². The minimum atomic E-state index is 0.288. The lowest BCUT2D eigenvalue weighted by molar-refractivity contribution is 0.315. The highest BCUT2D eigenvalue weighted by molar-refractivity contribution is 4.95. The topological polar surface area (TPSA) is 12.0 Å². The molecule has 1 saturated carbocycles. The Hall–Kier alpha value is -0.300. The monoisotopic (exact) mass is 181 g/mol. The van der Waals surface area contributed by atoms with Gasteiger partial charge in [0, 0.05) is 12.6 Å². The summed E-state index contributed by atoms with van der Waals surface area (Å²) in [7, 11) is 0. The van der Waals surface area contributed by atoms with Crippen molar-refractivity contribution in [1.29, 1.82) is 0 Å². The molecule has 1 rings (SSSR count). The lowest BCUT2D eigenvalue weighted by Crippen LogP contribution is -2.32. The smallest absolute Gasteiger partial charge is 0.00685 e. The van der Waals surface area contributed by atoms with Crippen LogP contribution in [0.1, 0.15) is 40.0 Å². The van der Waals surface area contributed by atoms with E-state index in [1.165, 1.54) is 19.3 Å². The molecule has 0 spiro atoms. The molecule has 1 aliphatic rings. The van der Waals surface area contributed by atoms with Crippen LogP contribution >= 0.6 is 0 Å². The van der Waals surface area contributed by atoms with Crippen molar-refractivity contribution in [3.63, 3.8) is 0 Å². The Labute approximate surface area is 82.6 Å². The van der Waals surface area contributed by atoms with Gasteiger partial charge in [0.15, 0.2) is 0 Å². The molecule has 1 fully saturated rings. The average molecular weight is 181 g/mol. The summed E-state index contributed by atoms with van der Waals surface area (Å²) >= 11 is 0.